The van der Waals surface area contributed by atoms with Gasteiger partial charge in [-0.05, 0) is 38.1 Å². The van der Waals surface area contributed by atoms with Crippen LogP contribution in [0, 0.1) is 0 Å². The summed E-state index contributed by atoms with van der Waals surface area (Å²) in [4.78, 5) is 0.326. The van der Waals surface area contributed by atoms with Crippen LogP contribution in [0.1, 0.15) is 26.3 Å². The SMILES string of the molecule is CCNCc1ccc(S(=O)(=O)N(CCOC)C(C)C)cc1. The molecule has 0 spiro atoms. The number of ether oxygens (including phenoxy) is 1. The maximum absolute atomic E-state index is 12.7. The van der Waals surface area contributed by atoms with E-state index in [2.05, 4.69) is 5.32 Å². The van der Waals surface area contributed by atoms with Crippen molar-refractivity contribution in [2.24, 2.45) is 0 Å². The molecule has 120 valence electrons. The van der Waals surface area contributed by atoms with E-state index < -0.39 is 10.0 Å². The van der Waals surface area contributed by atoms with Gasteiger partial charge in [-0.15, -0.1) is 0 Å². The standard InChI is InChI=1S/C15H26N2O3S/c1-5-16-12-14-6-8-15(9-7-14)21(18,19)17(13(2)3)10-11-20-4/h6-9,13,16H,5,10-12H2,1-4H3. The molecule has 21 heavy (non-hydrogen) atoms. The van der Waals surface area contributed by atoms with Gasteiger partial charge in [0.2, 0.25) is 10.0 Å². The Bertz CT molecular complexity index is 512. The monoisotopic (exact) mass is 314 g/mol. The maximum atomic E-state index is 12.7. The summed E-state index contributed by atoms with van der Waals surface area (Å²) in [5, 5.41) is 3.22. The lowest BCUT2D eigenvalue weighted by molar-refractivity contribution is 0.171. The number of sulfonamides is 1. The van der Waals surface area contributed by atoms with Gasteiger partial charge in [-0.25, -0.2) is 8.42 Å². The molecule has 0 bridgehead atoms. The highest BCUT2D eigenvalue weighted by atomic mass is 32.2. The molecular formula is C15H26N2O3S. The fourth-order valence-corrected chi connectivity index (χ4v) is 3.64. The minimum Gasteiger partial charge on any atom is -0.383 e. The van der Waals surface area contributed by atoms with E-state index in [1.165, 1.54) is 4.31 Å². The number of methoxy groups -OCH3 is 1. The van der Waals surface area contributed by atoms with Crippen LogP contribution in [0.15, 0.2) is 29.2 Å². The lowest BCUT2D eigenvalue weighted by Crippen LogP contribution is -2.39. The van der Waals surface area contributed by atoms with Gasteiger partial charge in [0.05, 0.1) is 11.5 Å². The van der Waals surface area contributed by atoms with E-state index in [1.807, 2.05) is 32.9 Å². The van der Waals surface area contributed by atoms with Crippen molar-refractivity contribution in [1.82, 2.24) is 9.62 Å². The topological polar surface area (TPSA) is 58.6 Å². The Kier molecular flexibility index (Phi) is 7.31. The van der Waals surface area contributed by atoms with Gasteiger partial charge in [0, 0.05) is 26.2 Å². The molecule has 0 saturated carbocycles. The number of nitrogens with one attached hydrogen (secondary N) is 1. The normalized spacial score (nSPS) is 12.3. The molecule has 0 saturated heterocycles. The number of rotatable bonds is 9. The van der Waals surface area contributed by atoms with E-state index in [0.29, 0.717) is 18.0 Å². The minimum atomic E-state index is -3.48. The molecule has 0 amide bonds. The zero-order chi connectivity index (χ0) is 15.9. The Morgan fingerprint density at radius 2 is 1.86 bits per heavy atom. The van der Waals surface area contributed by atoms with Crippen LogP contribution in [0.2, 0.25) is 0 Å². The van der Waals surface area contributed by atoms with Gasteiger partial charge in [-0.3, -0.25) is 0 Å². The number of nitrogens with zero attached hydrogens (tertiary/aromatic N) is 1. The van der Waals surface area contributed by atoms with E-state index >= 15 is 0 Å². The van der Waals surface area contributed by atoms with E-state index in [9.17, 15) is 8.42 Å². The third kappa shape index (κ3) is 5.07. The number of hydrogen-bond donors (Lipinski definition) is 1. The van der Waals surface area contributed by atoms with Crippen molar-refractivity contribution >= 4 is 10.0 Å². The second-order valence-corrected chi connectivity index (χ2v) is 7.02. The van der Waals surface area contributed by atoms with Crippen LogP contribution >= 0.6 is 0 Å². The van der Waals surface area contributed by atoms with Crippen molar-refractivity contribution in [2.45, 2.75) is 38.3 Å². The largest absolute Gasteiger partial charge is 0.383 e. The molecule has 5 nitrogen and oxygen atoms in total. The van der Waals surface area contributed by atoms with Gasteiger partial charge >= 0.3 is 0 Å². The smallest absolute Gasteiger partial charge is 0.243 e. The van der Waals surface area contributed by atoms with E-state index in [1.54, 1.807) is 19.2 Å². The van der Waals surface area contributed by atoms with Crippen LogP contribution in [0.3, 0.4) is 0 Å². The molecule has 6 heteroatoms. The maximum Gasteiger partial charge on any atom is 0.243 e. The summed E-state index contributed by atoms with van der Waals surface area (Å²) in [6, 6.07) is 6.94. The molecule has 0 aliphatic rings. The predicted octanol–water partition coefficient (Wildman–Crippen LogP) is 1.84. The summed E-state index contributed by atoms with van der Waals surface area (Å²) in [5.74, 6) is 0. The van der Waals surface area contributed by atoms with Crippen molar-refractivity contribution in [2.75, 3.05) is 26.8 Å². The van der Waals surface area contributed by atoms with Crippen LogP contribution in [-0.4, -0.2) is 45.6 Å². The number of benzene rings is 1. The van der Waals surface area contributed by atoms with Crippen LogP contribution < -0.4 is 5.32 Å². The fraction of sp³-hybridized carbons (Fsp3) is 0.600. The molecule has 0 heterocycles. The van der Waals surface area contributed by atoms with E-state index in [4.69, 9.17) is 4.74 Å². The summed E-state index contributed by atoms with van der Waals surface area (Å²) >= 11 is 0. The molecule has 0 aromatic heterocycles. The molecule has 0 aliphatic carbocycles. The molecule has 0 fully saturated rings. The summed E-state index contributed by atoms with van der Waals surface area (Å²) in [6.07, 6.45) is 0. The second kappa shape index (κ2) is 8.48. The number of hydrogen-bond acceptors (Lipinski definition) is 4. The van der Waals surface area contributed by atoms with Crippen LogP contribution in [0.25, 0.3) is 0 Å². The summed E-state index contributed by atoms with van der Waals surface area (Å²) in [6.45, 7) is 8.15. The molecular weight excluding hydrogens is 288 g/mol. The lowest BCUT2D eigenvalue weighted by Gasteiger charge is -2.25. The highest BCUT2D eigenvalue weighted by molar-refractivity contribution is 7.89. The zero-order valence-corrected chi connectivity index (χ0v) is 14.1. The van der Waals surface area contributed by atoms with Gasteiger partial charge in [-0.1, -0.05) is 19.1 Å². The average molecular weight is 314 g/mol. The Balaban J connectivity index is 2.94. The first-order valence-electron chi connectivity index (χ1n) is 7.24. The molecule has 0 radical (unpaired) electrons. The summed E-state index contributed by atoms with van der Waals surface area (Å²) in [5.41, 5.74) is 1.07. The summed E-state index contributed by atoms with van der Waals surface area (Å²) in [7, 11) is -1.91. The first-order valence-corrected chi connectivity index (χ1v) is 8.68. The predicted molar refractivity (Wildman–Crippen MR) is 84.7 cm³/mol. The third-order valence-electron chi connectivity index (χ3n) is 3.20. The molecule has 1 rings (SSSR count). The molecule has 1 N–H and O–H groups in total. The Labute approximate surface area is 128 Å². The van der Waals surface area contributed by atoms with Gasteiger partial charge in [0.15, 0.2) is 0 Å². The molecule has 0 unspecified atom stereocenters. The average Bonchev–Trinajstić information content (AvgIpc) is 2.45. The third-order valence-corrected chi connectivity index (χ3v) is 5.29. The first-order chi connectivity index (χ1) is 9.93. The van der Waals surface area contributed by atoms with Crippen LogP contribution in [0.5, 0.6) is 0 Å². The van der Waals surface area contributed by atoms with Crippen LogP contribution in [-0.2, 0) is 21.3 Å². The summed E-state index contributed by atoms with van der Waals surface area (Å²) < 4.78 is 31.8. The lowest BCUT2D eigenvalue weighted by atomic mass is 10.2. The van der Waals surface area contributed by atoms with E-state index in [0.717, 1.165) is 18.7 Å². The molecule has 0 aliphatic heterocycles. The van der Waals surface area contributed by atoms with Crippen molar-refractivity contribution in [3.05, 3.63) is 29.8 Å². The second-order valence-electron chi connectivity index (χ2n) is 5.13. The van der Waals surface area contributed by atoms with Gasteiger partial charge < -0.3 is 10.1 Å². The van der Waals surface area contributed by atoms with Gasteiger partial charge in [-0.2, -0.15) is 4.31 Å². The quantitative estimate of drug-likeness (QED) is 0.755. The molecule has 1 aromatic rings. The van der Waals surface area contributed by atoms with Crippen molar-refractivity contribution in [1.29, 1.82) is 0 Å². The van der Waals surface area contributed by atoms with E-state index in [-0.39, 0.29) is 6.04 Å². The first kappa shape index (κ1) is 18.1. The van der Waals surface area contributed by atoms with Gasteiger partial charge in [0.1, 0.15) is 0 Å². The Morgan fingerprint density at radius 1 is 1.24 bits per heavy atom. The van der Waals surface area contributed by atoms with Crippen molar-refractivity contribution in [3.8, 4) is 0 Å². The van der Waals surface area contributed by atoms with Crippen molar-refractivity contribution in [3.63, 3.8) is 0 Å². The van der Waals surface area contributed by atoms with Crippen LogP contribution in [0.4, 0.5) is 0 Å². The Morgan fingerprint density at radius 3 is 2.33 bits per heavy atom. The van der Waals surface area contributed by atoms with Gasteiger partial charge in [0.25, 0.3) is 0 Å². The van der Waals surface area contributed by atoms with Crippen molar-refractivity contribution < 1.29 is 13.2 Å². The molecule has 0 atom stereocenters. The fourth-order valence-electron chi connectivity index (χ4n) is 2.02. The zero-order valence-electron chi connectivity index (χ0n) is 13.3. The highest BCUT2D eigenvalue weighted by Gasteiger charge is 2.26. The minimum absolute atomic E-state index is 0.105. The Hall–Kier alpha value is -0.950. The highest BCUT2D eigenvalue weighted by Crippen LogP contribution is 2.18. The molecule has 1 aromatic carbocycles.